The van der Waals surface area contributed by atoms with E-state index in [9.17, 15) is 18.0 Å². The molecule has 6 nitrogen and oxygen atoms in total. The number of alkyl halides is 3. The lowest BCUT2D eigenvalue weighted by atomic mass is 10.1. The molecule has 2 aromatic carbocycles. The van der Waals surface area contributed by atoms with Gasteiger partial charge in [0.05, 0.1) is 23.0 Å². The molecule has 0 N–H and O–H groups in total. The zero-order valence-corrected chi connectivity index (χ0v) is 17.3. The number of piperazine rings is 1. The van der Waals surface area contributed by atoms with Crippen molar-refractivity contribution in [3.8, 4) is 5.69 Å². The first-order chi connectivity index (χ1) is 15.3. The highest BCUT2D eigenvalue weighted by molar-refractivity contribution is 6.11. The third kappa shape index (κ3) is 3.43. The lowest BCUT2D eigenvalue weighted by Crippen LogP contribution is -2.48. The minimum atomic E-state index is -4.43. The summed E-state index contributed by atoms with van der Waals surface area (Å²) in [4.78, 5) is 20.0. The second kappa shape index (κ2) is 7.51. The number of pyridine rings is 1. The van der Waals surface area contributed by atoms with Gasteiger partial charge in [0, 0.05) is 67.3 Å². The Balaban J connectivity index is 1.64. The van der Waals surface area contributed by atoms with Crippen LogP contribution in [-0.4, -0.2) is 51.8 Å². The van der Waals surface area contributed by atoms with Gasteiger partial charge in [0.25, 0.3) is 0 Å². The number of aromatic nitrogens is 3. The monoisotopic (exact) mass is 439 g/mol. The van der Waals surface area contributed by atoms with E-state index in [0.29, 0.717) is 31.9 Å². The first kappa shape index (κ1) is 20.3. The van der Waals surface area contributed by atoms with Gasteiger partial charge in [0.15, 0.2) is 0 Å². The number of anilines is 1. The molecular formula is C23H20F3N5O. The molecule has 1 amide bonds. The molecular weight excluding hydrogens is 419 g/mol. The summed E-state index contributed by atoms with van der Waals surface area (Å²) in [5.74, 6) is 0.0639. The predicted octanol–water partition coefficient (Wildman–Crippen LogP) is 4.26. The number of hydrogen-bond donors (Lipinski definition) is 0. The van der Waals surface area contributed by atoms with Gasteiger partial charge in [-0.25, -0.2) is 4.68 Å². The van der Waals surface area contributed by atoms with Crippen LogP contribution in [0, 0.1) is 0 Å². The van der Waals surface area contributed by atoms with Gasteiger partial charge in [0.2, 0.25) is 5.91 Å². The molecule has 9 heteroatoms. The summed E-state index contributed by atoms with van der Waals surface area (Å²) in [6.07, 6.45) is 0.679. The van der Waals surface area contributed by atoms with Crippen molar-refractivity contribution in [3.63, 3.8) is 0 Å². The van der Waals surface area contributed by atoms with E-state index in [0.717, 1.165) is 39.5 Å². The number of benzene rings is 2. The molecule has 0 aliphatic carbocycles. The van der Waals surface area contributed by atoms with E-state index in [4.69, 9.17) is 0 Å². The number of carbonyl (C=O) groups excluding carboxylic acids is 1. The molecule has 1 aliphatic rings. The third-order valence-corrected chi connectivity index (χ3v) is 5.93. The summed E-state index contributed by atoms with van der Waals surface area (Å²) >= 11 is 0. The van der Waals surface area contributed by atoms with Crippen LogP contribution in [0.1, 0.15) is 12.5 Å². The minimum Gasteiger partial charge on any atom is -0.367 e. The zero-order chi connectivity index (χ0) is 22.5. The van der Waals surface area contributed by atoms with Crippen LogP contribution in [0.2, 0.25) is 0 Å². The number of fused-ring (bicyclic) bond motifs is 3. The Labute approximate surface area is 181 Å². The molecule has 0 bridgehead atoms. The van der Waals surface area contributed by atoms with Crippen LogP contribution in [0.3, 0.4) is 0 Å². The molecule has 0 unspecified atom stereocenters. The van der Waals surface area contributed by atoms with Gasteiger partial charge < -0.3 is 9.80 Å². The van der Waals surface area contributed by atoms with Crippen molar-refractivity contribution in [2.75, 3.05) is 31.1 Å². The van der Waals surface area contributed by atoms with Gasteiger partial charge in [-0.05, 0) is 30.3 Å². The SMILES string of the molecule is CC(=O)N1CCN(c2cc3cnn(-c4cccc(C(F)(F)F)c4)c3c3ccncc23)CC1. The zero-order valence-electron chi connectivity index (χ0n) is 17.3. The van der Waals surface area contributed by atoms with Crippen molar-refractivity contribution < 1.29 is 18.0 Å². The van der Waals surface area contributed by atoms with Gasteiger partial charge in [0.1, 0.15) is 0 Å². The fraction of sp³-hybridized carbons (Fsp3) is 0.261. The van der Waals surface area contributed by atoms with Gasteiger partial charge in [-0.3, -0.25) is 9.78 Å². The quantitative estimate of drug-likeness (QED) is 0.468. The van der Waals surface area contributed by atoms with E-state index in [1.807, 2.05) is 17.0 Å². The van der Waals surface area contributed by atoms with Crippen molar-refractivity contribution in [1.82, 2.24) is 19.7 Å². The van der Waals surface area contributed by atoms with Gasteiger partial charge in [-0.15, -0.1) is 0 Å². The Morgan fingerprint density at radius 1 is 1.00 bits per heavy atom. The van der Waals surface area contributed by atoms with Crippen molar-refractivity contribution in [2.24, 2.45) is 0 Å². The molecule has 0 saturated carbocycles. The van der Waals surface area contributed by atoms with Gasteiger partial charge >= 0.3 is 6.18 Å². The van der Waals surface area contributed by atoms with E-state index in [-0.39, 0.29) is 5.91 Å². The highest BCUT2D eigenvalue weighted by Crippen LogP contribution is 2.36. The second-order valence-corrected chi connectivity index (χ2v) is 7.85. The minimum absolute atomic E-state index is 0.0639. The van der Waals surface area contributed by atoms with Gasteiger partial charge in [-0.2, -0.15) is 18.3 Å². The summed E-state index contributed by atoms with van der Waals surface area (Å²) in [6, 6.07) is 9.02. The topological polar surface area (TPSA) is 54.3 Å². The number of halogens is 3. The van der Waals surface area contributed by atoms with E-state index >= 15 is 0 Å². The molecule has 0 radical (unpaired) electrons. The Morgan fingerprint density at radius 2 is 1.78 bits per heavy atom. The summed E-state index contributed by atoms with van der Waals surface area (Å²) in [7, 11) is 0. The van der Waals surface area contributed by atoms with Gasteiger partial charge in [-0.1, -0.05) is 6.07 Å². The van der Waals surface area contributed by atoms with E-state index in [2.05, 4.69) is 15.0 Å². The maximum atomic E-state index is 13.2. The molecule has 0 spiro atoms. The lowest BCUT2D eigenvalue weighted by Gasteiger charge is -2.36. The van der Waals surface area contributed by atoms with Crippen LogP contribution in [0.15, 0.2) is 55.0 Å². The maximum Gasteiger partial charge on any atom is 0.416 e. The van der Waals surface area contributed by atoms with Crippen LogP contribution in [0.5, 0.6) is 0 Å². The summed E-state index contributed by atoms with van der Waals surface area (Å²) in [6.45, 7) is 4.23. The molecule has 1 fully saturated rings. The smallest absolute Gasteiger partial charge is 0.367 e. The molecule has 5 rings (SSSR count). The summed E-state index contributed by atoms with van der Waals surface area (Å²) < 4.78 is 41.3. The van der Waals surface area contributed by atoms with Crippen LogP contribution >= 0.6 is 0 Å². The maximum absolute atomic E-state index is 13.2. The van der Waals surface area contributed by atoms with Crippen LogP contribution < -0.4 is 4.90 Å². The standard InChI is InChI=1S/C23H20F3N5O/c1-15(32)29-7-9-30(10-8-29)21-11-16-13-28-31(22(16)19-5-6-27-14-20(19)21)18-4-2-3-17(12-18)23(24,25)26/h2-6,11-14H,7-10H2,1H3. The molecule has 0 atom stereocenters. The van der Waals surface area contributed by atoms with E-state index in [1.54, 1.807) is 36.3 Å². The average Bonchev–Trinajstić information content (AvgIpc) is 3.22. The van der Waals surface area contributed by atoms with Crippen LogP contribution in [-0.2, 0) is 11.0 Å². The Morgan fingerprint density at radius 3 is 2.50 bits per heavy atom. The van der Waals surface area contributed by atoms with Crippen molar-refractivity contribution in [2.45, 2.75) is 13.1 Å². The largest absolute Gasteiger partial charge is 0.416 e. The fourth-order valence-electron chi connectivity index (χ4n) is 4.30. The number of hydrogen-bond acceptors (Lipinski definition) is 4. The number of nitrogens with zero attached hydrogens (tertiary/aromatic N) is 5. The molecule has 1 aliphatic heterocycles. The molecule has 1 saturated heterocycles. The molecule has 32 heavy (non-hydrogen) atoms. The molecule has 4 aromatic rings. The normalized spacial score (nSPS) is 15.0. The molecule has 2 aromatic heterocycles. The Kier molecular flexibility index (Phi) is 4.76. The first-order valence-electron chi connectivity index (χ1n) is 10.3. The number of rotatable bonds is 2. The highest BCUT2D eigenvalue weighted by Gasteiger charge is 2.31. The van der Waals surface area contributed by atoms with E-state index in [1.165, 1.54) is 6.07 Å². The summed E-state index contributed by atoms with van der Waals surface area (Å²) in [5, 5.41) is 6.99. The van der Waals surface area contributed by atoms with Crippen molar-refractivity contribution >= 4 is 33.3 Å². The lowest BCUT2D eigenvalue weighted by molar-refractivity contribution is -0.137. The molecule has 3 heterocycles. The number of carbonyl (C=O) groups is 1. The second-order valence-electron chi connectivity index (χ2n) is 7.85. The first-order valence-corrected chi connectivity index (χ1v) is 10.3. The highest BCUT2D eigenvalue weighted by atomic mass is 19.4. The summed E-state index contributed by atoms with van der Waals surface area (Å²) in [5.41, 5.74) is 1.33. The molecule has 164 valence electrons. The Bertz CT molecular complexity index is 1320. The van der Waals surface area contributed by atoms with E-state index < -0.39 is 11.7 Å². The van der Waals surface area contributed by atoms with Crippen molar-refractivity contribution in [1.29, 1.82) is 0 Å². The predicted molar refractivity (Wildman–Crippen MR) is 116 cm³/mol. The Hall–Kier alpha value is -3.62. The average molecular weight is 439 g/mol. The van der Waals surface area contributed by atoms with Crippen LogP contribution in [0.4, 0.5) is 18.9 Å². The third-order valence-electron chi connectivity index (χ3n) is 5.93. The van der Waals surface area contributed by atoms with Crippen LogP contribution in [0.25, 0.3) is 27.4 Å². The fourth-order valence-corrected chi connectivity index (χ4v) is 4.30. The number of amides is 1. The van der Waals surface area contributed by atoms with Crippen molar-refractivity contribution in [3.05, 3.63) is 60.6 Å².